The van der Waals surface area contributed by atoms with Crippen LogP contribution in [0.3, 0.4) is 0 Å². The summed E-state index contributed by atoms with van der Waals surface area (Å²) in [5, 5.41) is 10.5. The third-order valence-corrected chi connectivity index (χ3v) is 3.16. The monoisotopic (exact) mass is 249 g/mol. The van der Waals surface area contributed by atoms with Gasteiger partial charge in [0, 0.05) is 6.54 Å². The average Bonchev–Trinajstić information content (AvgIpc) is 2.81. The number of hydroxylamine groups is 2. The first-order chi connectivity index (χ1) is 8.69. The van der Waals surface area contributed by atoms with Gasteiger partial charge in [0.25, 0.3) is 0 Å². The summed E-state index contributed by atoms with van der Waals surface area (Å²) in [4.78, 5) is 27.8. The van der Waals surface area contributed by atoms with Crippen LogP contribution in [0.2, 0.25) is 0 Å². The van der Waals surface area contributed by atoms with Gasteiger partial charge < -0.3 is 9.90 Å². The van der Waals surface area contributed by atoms with Crippen LogP contribution in [0.4, 0.5) is 0 Å². The zero-order chi connectivity index (χ0) is 13.0. The lowest BCUT2D eigenvalue weighted by Crippen LogP contribution is -2.51. The molecule has 0 aromatic heterocycles. The molecule has 1 aliphatic rings. The van der Waals surface area contributed by atoms with Gasteiger partial charge in [-0.25, -0.2) is 4.79 Å². The van der Waals surface area contributed by atoms with E-state index in [4.69, 9.17) is 4.84 Å². The van der Waals surface area contributed by atoms with E-state index in [1.165, 1.54) is 5.06 Å². The highest BCUT2D eigenvalue weighted by Crippen LogP contribution is 2.28. The van der Waals surface area contributed by atoms with Gasteiger partial charge in [0.15, 0.2) is 11.8 Å². The summed E-state index contributed by atoms with van der Waals surface area (Å²) in [6.07, 6.45) is 1.40. The van der Waals surface area contributed by atoms with Gasteiger partial charge in [0.2, 0.25) is 0 Å². The number of aldehydes is 1. The van der Waals surface area contributed by atoms with Crippen LogP contribution in [0.5, 0.6) is 0 Å². The predicted molar refractivity (Wildman–Crippen MR) is 63.6 cm³/mol. The Bertz CT molecular complexity index is 434. The van der Waals surface area contributed by atoms with Crippen molar-refractivity contribution in [3.8, 4) is 0 Å². The van der Waals surface area contributed by atoms with Crippen molar-refractivity contribution in [2.24, 2.45) is 0 Å². The summed E-state index contributed by atoms with van der Waals surface area (Å²) in [5.41, 5.74) is -0.580. The Labute approximate surface area is 105 Å². The van der Waals surface area contributed by atoms with Crippen molar-refractivity contribution < 1.29 is 19.5 Å². The molecule has 1 fully saturated rings. The van der Waals surface area contributed by atoms with Crippen LogP contribution in [0, 0.1) is 0 Å². The maximum absolute atomic E-state index is 11.2. The van der Waals surface area contributed by atoms with Crippen LogP contribution < -0.4 is 0 Å². The largest absolute Gasteiger partial charge is 0.479 e. The Morgan fingerprint density at radius 3 is 2.78 bits per heavy atom. The molecule has 1 atom stereocenters. The molecular weight excluding hydrogens is 234 g/mol. The molecule has 1 aliphatic heterocycles. The molecule has 96 valence electrons. The van der Waals surface area contributed by atoms with E-state index < -0.39 is 11.5 Å². The molecule has 5 nitrogen and oxygen atoms in total. The molecule has 1 heterocycles. The van der Waals surface area contributed by atoms with E-state index >= 15 is 0 Å². The SMILES string of the molecule is O=CC1(C(=O)O)CCCN1OCc1ccccc1. The van der Waals surface area contributed by atoms with Crippen molar-refractivity contribution >= 4 is 12.3 Å². The summed E-state index contributed by atoms with van der Waals surface area (Å²) >= 11 is 0. The van der Waals surface area contributed by atoms with E-state index in [-0.39, 0.29) is 6.61 Å². The number of carboxylic acids is 1. The number of aliphatic carboxylic acids is 1. The average molecular weight is 249 g/mol. The first-order valence-corrected chi connectivity index (χ1v) is 5.83. The second kappa shape index (κ2) is 5.29. The van der Waals surface area contributed by atoms with E-state index in [2.05, 4.69) is 0 Å². The molecule has 0 amide bonds. The van der Waals surface area contributed by atoms with Crippen molar-refractivity contribution in [1.29, 1.82) is 0 Å². The lowest BCUT2D eigenvalue weighted by Gasteiger charge is -2.28. The van der Waals surface area contributed by atoms with Gasteiger partial charge in [-0.1, -0.05) is 30.3 Å². The molecule has 18 heavy (non-hydrogen) atoms. The van der Waals surface area contributed by atoms with Gasteiger partial charge in [-0.05, 0) is 18.4 Å². The Kier molecular flexibility index (Phi) is 3.74. The standard InChI is InChI=1S/C13H15NO4/c15-10-13(12(16)17)7-4-8-14(13)18-9-11-5-2-1-3-6-11/h1-3,5-6,10H,4,7-9H2,(H,16,17). The van der Waals surface area contributed by atoms with Crippen molar-refractivity contribution in [3.05, 3.63) is 35.9 Å². The van der Waals surface area contributed by atoms with Crippen molar-refractivity contribution in [1.82, 2.24) is 5.06 Å². The molecule has 2 rings (SSSR count). The number of benzene rings is 1. The Hall–Kier alpha value is -1.72. The zero-order valence-electron chi connectivity index (χ0n) is 9.91. The highest BCUT2D eigenvalue weighted by molar-refractivity contribution is 5.97. The molecule has 1 unspecified atom stereocenters. The molecular formula is C13H15NO4. The highest BCUT2D eigenvalue weighted by Gasteiger charge is 2.49. The molecule has 1 aromatic rings. The zero-order valence-corrected chi connectivity index (χ0v) is 9.91. The first-order valence-electron chi connectivity index (χ1n) is 5.83. The van der Waals surface area contributed by atoms with E-state index in [9.17, 15) is 14.7 Å². The quantitative estimate of drug-likeness (QED) is 0.628. The summed E-state index contributed by atoms with van der Waals surface area (Å²) in [6.45, 7) is 0.724. The summed E-state index contributed by atoms with van der Waals surface area (Å²) in [5.74, 6) is -1.15. The van der Waals surface area contributed by atoms with Gasteiger partial charge in [-0.15, -0.1) is 0 Å². The van der Waals surface area contributed by atoms with E-state index in [0.717, 1.165) is 5.56 Å². The lowest BCUT2D eigenvalue weighted by atomic mass is 10.0. The molecule has 0 saturated carbocycles. The van der Waals surface area contributed by atoms with Crippen molar-refractivity contribution in [3.63, 3.8) is 0 Å². The van der Waals surface area contributed by atoms with Crippen molar-refractivity contribution in [2.45, 2.75) is 25.0 Å². The number of carboxylic acid groups (broad SMARTS) is 1. The number of hydrogen-bond acceptors (Lipinski definition) is 4. The van der Waals surface area contributed by atoms with Crippen LogP contribution in [0.15, 0.2) is 30.3 Å². The van der Waals surface area contributed by atoms with Gasteiger partial charge in [0.05, 0.1) is 6.61 Å². The minimum Gasteiger partial charge on any atom is -0.479 e. The summed E-state index contributed by atoms with van der Waals surface area (Å²) < 4.78 is 0. The maximum Gasteiger partial charge on any atom is 0.333 e. The molecule has 0 aliphatic carbocycles. The summed E-state index contributed by atoms with van der Waals surface area (Å²) in [7, 11) is 0. The van der Waals surface area contributed by atoms with Crippen molar-refractivity contribution in [2.75, 3.05) is 6.54 Å². The van der Waals surface area contributed by atoms with Gasteiger partial charge >= 0.3 is 5.97 Å². The van der Waals surface area contributed by atoms with E-state index in [1.54, 1.807) is 0 Å². The minimum atomic E-state index is -1.52. The Morgan fingerprint density at radius 1 is 1.44 bits per heavy atom. The molecule has 1 saturated heterocycles. The fourth-order valence-corrected chi connectivity index (χ4v) is 2.10. The lowest BCUT2D eigenvalue weighted by molar-refractivity contribution is -0.215. The Balaban J connectivity index is 2.04. The van der Waals surface area contributed by atoms with Crippen LogP contribution >= 0.6 is 0 Å². The third-order valence-electron chi connectivity index (χ3n) is 3.16. The second-order valence-electron chi connectivity index (χ2n) is 4.31. The van der Waals surface area contributed by atoms with E-state index in [0.29, 0.717) is 25.7 Å². The summed E-state index contributed by atoms with van der Waals surface area (Å²) in [6, 6.07) is 9.44. The third kappa shape index (κ3) is 2.27. The van der Waals surface area contributed by atoms with Crippen LogP contribution in [0.1, 0.15) is 18.4 Å². The molecule has 1 aromatic carbocycles. The molecule has 0 spiro atoms. The number of carbonyl (C=O) groups excluding carboxylic acids is 1. The molecule has 1 N–H and O–H groups in total. The number of carbonyl (C=O) groups is 2. The number of rotatable bonds is 5. The highest BCUT2D eigenvalue weighted by atomic mass is 16.7. The minimum absolute atomic E-state index is 0.268. The van der Waals surface area contributed by atoms with Gasteiger partial charge in [0.1, 0.15) is 0 Å². The molecule has 0 radical (unpaired) electrons. The van der Waals surface area contributed by atoms with Crippen LogP contribution in [-0.4, -0.2) is 34.5 Å². The van der Waals surface area contributed by atoms with E-state index in [1.807, 2.05) is 30.3 Å². The van der Waals surface area contributed by atoms with Gasteiger partial charge in [-0.2, -0.15) is 5.06 Å². The Morgan fingerprint density at radius 2 is 2.17 bits per heavy atom. The maximum atomic E-state index is 11.2. The number of nitrogens with zero attached hydrogens (tertiary/aromatic N) is 1. The first kappa shape index (κ1) is 12.7. The molecule has 0 bridgehead atoms. The fourth-order valence-electron chi connectivity index (χ4n) is 2.10. The normalized spacial score (nSPS) is 24.0. The second-order valence-corrected chi connectivity index (χ2v) is 4.31. The van der Waals surface area contributed by atoms with Crippen LogP contribution in [-0.2, 0) is 21.0 Å². The topological polar surface area (TPSA) is 66.8 Å². The number of hydrogen-bond donors (Lipinski definition) is 1. The van der Waals surface area contributed by atoms with Crippen LogP contribution in [0.25, 0.3) is 0 Å². The van der Waals surface area contributed by atoms with Gasteiger partial charge in [-0.3, -0.25) is 4.84 Å². The fraction of sp³-hybridized carbons (Fsp3) is 0.385. The predicted octanol–water partition coefficient (Wildman–Crippen LogP) is 1.24. The smallest absolute Gasteiger partial charge is 0.333 e. The molecule has 5 heteroatoms.